The van der Waals surface area contributed by atoms with Gasteiger partial charge in [-0.15, -0.1) is 0 Å². The van der Waals surface area contributed by atoms with E-state index in [1.807, 2.05) is 0 Å². The average Bonchev–Trinajstić information content (AvgIpc) is 2.22. The Balaban J connectivity index is 3.06. The van der Waals surface area contributed by atoms with Crippen LogP contribution in [0.25, 0.3) is 0 Å². The molecular weight excluding hydrogens is 304 g/mol. The van der Waals surface area contributed by atoms with E-state index in [1.54, 1.807) is 0 Å². The van der Waals surface area contributed by atoms with E-state index >= 15 is 0 Å². The predicted molar refractivity (Wildman–Crippen MR) is 66.5 cm³/mol. The van der Waals surface area contributed by atoms with Gasteiger partial charge < -0.3 is 4.90 Å². The largest absolute Gasteiger partial charge is 0.406 e. The molecule has 0 saturated carbocycles. The number of halogens is 5. The number of hydrogen-bond donors (Lipinski definition) is 0. The quantitative estimate of drug-likeness (QED) is 0.795. The van der Waals surface area contributed by atoms with E-state index in [4.69, 9.17) is 23.2 Å². The van der Waals surface area contributed by atoms with Crippen molar-refractivity contribution >= 4 is 29.1 Å². The molecule has 19 heavy (non-hydrogen) atoms. The highest BCUT2D eigenvalue weighted by Gasteiger charge is 2.34. The van der Waals surface area contributed by atoms with Crippen LogP contribution < -0.4 is 0 Å². The number of aromatic nitrogens is 1. The van der Waals surface area contributed by atoms with Gasteiger partial charge in [0.1, 0.15) is 16.9 Å². The van der Waals surface area contributed by atoms with Crippen LogP contribution in [0.1, 0.15) is 24.2 Å². The predicted octanol–water partition coefficient (Wildman–Crippen LogP) is 3.80. The molecule has 0 bridgehead atoms. The molecule has 1 aromatic heterocycles. The summed E-state index contributed by atoms with van der Waals surface area (Å²) in [4.78, 5) is 16.4. The lowest BCUT2D eigenvalue weighted by Crippen LogP contribution is -2.43. The minimum Gasteiger partial charge on any atom is -0.327 e. The first kappa shape index (κ1) is 16.0. The molecule has 0 atom stereocenters. The van der Waals surface area contributed by atoms with E-state index in [0.29, 0.717) is 4.90 Å². The zero-order chi connectivity index (χ0) is 14.8. The van der Waals surface area contributed by atoms with Gasteiger partial charge >= 0.3 is 6.18 Å². The van der Waals surface area contributed by atoms with Crippen molar-refractivity contribution in [2.45, 2.75) is 26.1 Å². The maximum atomic E-state index is 12.4. The number of carbonyl (C=O) groups excluding carboxylic acids is 1. The third-order valence-corrected chi connectivity index (χ3v) is 2.63. The van der Waals surface area contributed by atoms with Gasteiger partial charge in [0.2, 0.25) is 0 Å². The molecule has 0 aliphatic carbocycles. The van der Waals surface area contributed by atoms with Crippen LogP contribution >= 0.6 is 23.2 Å². The average molecular weight is 315 g/mol. The van der Waals surface area contributed by atoms with E-state index < -0.39 is 24.7 Å². The summed E-state index contributed by atoms with van der Waals surface area (Å²) in [6, 6.07) is 1.75. The van der Waals surface area contributed by atoms with Crippen molar-refractivity contribution in [1.82, 2.24) is 9.88 Å². The molecule has 0 N–H and O–H groups in total. The molecule has 0 spiro atoms. The molecular formula is C11H11Cl2F3N2O. The number of carbonyl (C=O) groups is 1. The van der Waals surface area contributed by atoms with Crippen LogP contribution in [-0.2, 0) is 0 Å². The van der Waals surface area contributed by atoms with Crippen molar-refractivity contribution in [3.05, 3.63) is 28.0 Å². The topological polar surface area (TPSA) is 33.2 Å². The molecule has 8 heteroatoms. The number of alkyl halides is 3. The highest BCUT2D eigenvalue weighted by molar-refractivity contribution is 6.33. The van der Waals surface area contributed by atoms with Crippen LogP contribution in [0.5, 0.6) is 0 Å². The first-order valence-corrected chi connectivity index (χ1v) is 6.06. The maximum absolute atomic E-state index is 12.4. The Hall–Kier alpha value is -1.01. The number of nitrogens with zero attached hydrogens (tertiary/aromatic N) is 2. The smallest absolute Gasteiger partial charge is 0.327 e. The van der Waals surface area contributed by atoms with E-state index in [0.717, 1.165) is 0 Å². The van der Waals surface area contributed by atoms with Gasteiger partial charge in [0.15, 0.2) is 0 Å². The summed E-state index contributed by atoms with van der Waals surface area (Å²) in [5, 5.41) is -0.0990. The van der Waals surface area contributed by atoms with Crippen LogP contribution in [0.15, 0.2) is 12.1 Å². The third kappa shape index (κ3) is 4.87. The second-order valence-electron chi connectivity index (χ2n) is 4.14. The monoisotopic (exact) mass is 314 g/mol. The van der Waals surface area contributed by atoms with Gasteiger partial charge in [0.05, 0.1) is 0 Å². The van der Waals surface area contributed by atoms with Gasteiger partial charge in [-0.25, -0.2) is 4.98 Å². The van der Waals surface area contributed by atoms with E-state index in [-0.39, 0.29) is 15.9 Å². The fraction of sp³-hybridized carbons (Fsp3) is 0.455. The van der Waals surface area contributed by atoms with E-state index in [9.17, 15) is 18.0 Å². The number of pyridine rings is 1. The van der Waals surface area contributed by atoms with Crippen LogP contribution in [0.3, 0.4) is 0 Å². The fourth-order valence-electron chi connectivity index (χ4n) is 1.44. The molecule has 0 fully saturated rings. The molecule has 1 amide bonds. The summed E-state index contributed by atoms with van der Waals surface area (Å²) in [5.74, 6) is -0.793. The molecule has 0 radical (unpaired) electrons. The standard InChI is InChI=1S/C11H11Cl2F3N2O/c1-6(2)18(5-11(14,15)16)10(19)7-3-8(12)17-9(13)4-7/h3-4,6H,5H2,1-2H3. The Morgan fingerprint density at radius 1 is 1.32 bits per heavy atom. The van der Waals surface area contributed by atoms with E-state index in [2.05, 4.69) is 4.98 Å². The van der Waals surface area contributed by atoms with Gasteiger partial charge in [-0.2, -0.15) is 13.2 Å². The summed E-state index contributed by atoms with van der Waals surface area (Å²) < 4.78 is 37.3. The third-order valence-electron chi connectivity index (χ3n) is 2.24. The summed E-state index contributed by atoms with van der Waals surface area (Å²) >= 11 is 11.2. The molecule has 0 aliphatic rings. The normalized spacial score (nSPS) is 11.8. The van der Waals surface area contributed by atoms with Gasteiger partial charge in [0, 0.05) is 11.6 Å². The van der Waals surface area contributed by atoms with Crippen molar-refractivity contribution in [1.29, 1.82) is 0 Å². The minimum atomic E-state index is -4.47. The van der Waals surface area contributed by atoms with Crippen molar-refractivity contribution in [3.63, 3.8) is 0 Å². The second kappa shape index (κ2) is 5.96. The van der Waals surface area contributed by atoms with Gasteiger partial charge in [0.25, 0.3) is 5.91 Å². The van der Waals surface area contributed by atoms with E-state index in [1.165, 1.54) is 26.0 Å². The zero-order valence-electron chi connectivity index (χ0n) is 10.1. The maximum Gasteiger partial charge on any atom is 0.406 e. The highest BCUT2D eigenvalue weighted by atomic mass is 35.5. The Morgan fingerprint density at radius 2 is 1.79 bits per heavy atom. The lowest BCUT2D eigenvalue weighted by atomic mass is 10.2. The molecule has 1 rings (SSSR count). The van der Waals surface area contributed by atoms with Crippen molar-refractivity contribution < 1.29 is 18.0 Å². The Kier molecular flexibility index (Phi) is 5.04. The lowest BCUT2D eigenvalue weighted by molar-refractivity contribution is -0.143. The molecule has 1 aromatic rings. The molecule has 106 valence electrons. The summed E-state index contributed by atoms with van der Waals surface area (Å²) in [5.41, 5.74) is -0.0250. The fourth-order valence-corrected chi connectivity index (χ4v) is 1.90. The van der Waals surface area contributed by atoms with Crippen LogP contribution in [0.4, 0.5) is 13.2 Å². The Morgan fingerprint density at radius 3 is 2.16 bits per heavy atom. The summed E-state index contributed by atoms with van der Waals surface area (Å²) in [6.07, 6.45) is -4.47. The molecule has 0 aliphatic heterocycles. The summed E-state index contributed by atoms with van der Waals surface area (Å²) in [6.45, 7) is 1.66. The lowest BCUT2D eigenvalue weighted by Gasteiger charge is -2.27. The van der Waals surface area contributed by atoms with Gasteiger partial charge in [-0.1, -0.05) is 23.2 Å². The SMILES string of the molecule is CC(C)N(CC(F)(F)F)C(=O)c1cc(Cl)nc(Cl)c1. The molecule has 3 nitrogen and oxygen atoms in total. The molecule has 0 aromatic carbocycles. The van der Waals surface area contributed by atoms with Gasteiger partial charge in [-0.05, 0) is 26.0 Å². The molecule has 0 unspecified atom stereocenters. The highest BCUT2D eigenvalue weighted by Crippen LogP contribution is 2.22. The number of hydrogen-bond acceptors (Lipinski definition) is 2. The van der Waals surface area contributed by atoms with Crippen LogP contribution in [0.2, 0.25) is 10.3 Å². The summed E-state index contributed by atoms with van der Waals surface area (Å²) in [7, 11) is 0. The molecule has 1 heterocycles. The zero-order valence-corrected chi connectivity index (χ0v) is 11.6. The first-order valence-electron chi connectivity index (χ1n) is 5.31. The van der Waals surface area contributed by atoms with Gasteiger partial charge in [-0.3, -0.25) is 4.79 Å². The van der Waals surface area contributed by atoms with Crippen molar-refractivity contribution in [3.8, 4) is 0 Å². The first-order chi connectivity index (χ1) is 8.60. The number of amides is 1. The Labute approximate surface area is 118 Å². The van der Waals surface area contributed by atoms with Crippen molar-refractivity contribution in [2.75, 3.05) is 6.54 Å². The van der Waals surface area contributed by atoms with Crippen molar-refractivity contribution in [2.24, 2.45) is 0 Å². The van der Waals surface area contributed by atoms with Crippen LogP contribution in [0, 0.1) is 0 Å². The number of rotatable bonds is 3. The Bertz CT molecular complexity index is 457. The van der Waals surface area contributed by atoms with Crippen LogP contribution in [-0.4, -0.2) is 34.6 Å². The second-order valence-corrected chi connectivity index (χ2v) is 4.92. The molecule has 0 saturated heterocycles. The minimum absolute atomic E-state index is 0.0250.